The lowest BCUT2D eigenvalue weighted by Gasteiger charge is -2.09. The average molecular weight is 230 g/mol. The summed E-state index contributed by atoms with van der Waals surface area (Å²) in [4.78, 5) is 0. The summed E-state index contributed by atoms with van der Waals surface area (Å²) in [5.74, 6) is 0. The van der Waals surface area contributed by atoms with Crippen molar-refractivity contribution in [3.63, 3.8) is 0 Å². The van der Waals surface area contributed by atoms with Gasteiger partial charge >= 0.3 is 0 Å². The van der Waals surface area contributed by atoms with Gasteiger partial charge in [0.2, 0.25) is 0 Å². The van der Waals surface area contributed by atoms with Gasteiger partial charge in [-0.05, 0) is 26.2 Å². The molecule has 0 saturated heterocycles. The summed E-state index contributed by atoms with van der Waals surface area (Å²) in [6.07, 6.45) is 4.14. The van der Waals surface area contributed by atoms with Crippen molar-refractivity contribution in [2.75, 3.05) is 0 Å². The lowest BCUT2D eigenvalue weighted by Crippen LogP contribution is -2.20. The SMILES string of the molecule is CCCC(N)CCc1c(C)nn(C)c1Cl. The molecule has 0 aliphatic heterocycles. The molecule has 0 amide bonds. The lowest BCUT2D eigenvalue weighted by atomic mass is 10.0. The molecule has 1 aromatic rings. The maximum absolute atomic E-state index is 6.13. The van der Waals surface area contributed by atoms with Gasteiger partial charge in [-0.25, -0.2) is 0 Å². The summed E-state index contributed by atoms with van der Waals surface area (Å²) in [5, 5.41) is 5.02. The molecule has 0 spiro atoms. The van der Waals surface area contributed by atoms with Gasteiger partial charge in [0.25, 0.3) is 0 Å². The summed E-state index contributed by atoms with van der Waals surface area (Å²) in [6, 6.07) is 0.283. The van der Waals surface area contributed by atoms with E-state index in [2.05, 4.69) is 12.0 Å². The Labute approximate surface area is 96.6 Å². The first-order chi connectivity index (χ1) is 7.06. The number of halogens is 1. The van der Waals surface area contributed by atoms with Crippen molar-refractivity contribution in [2.24, 2.45) is 12.8 Å². The number of aromatic nitrogens is 2. The first kappa shape index (κ1) is 12.5. The Morgan fingerprint density at radius 2 is 2.13 bits per heavy atom. The Balaban J connectivity index is 2.57. The molecule has 0 bridgehead atoms. The second-order valence-corrected chi connectivity index (χ2v) is 4.42. The zero-order valence-corrected chi connectivity index (χ0v) is 10.5. The third kappa shape index (κ3) is 3.21. The quantitative estimate of drug-likeness (QED) is 0.843. The minimum absolute atomic E-state index is 0.283. The van der Waals surface area contributed by atoms with Crippen molar-refractivity contribution >= 4 is 11.6 Å². The minimum Gasteiger partial charge on any atom is -0.328 e. The van der Waals surface area contributed by atoms with Crippen LogP contribution in [0.5, 0.6) is 0 Å². The molecule has 15 heavy (non-hydrogen) atoms. The summed E-state index contributed by atoms with van der Waals surface area (Å²) < 4.78 is 1.72. The van der Waals surface area contributed by atoms with E-state index in [1.165, 1.54) is 0 Å². The van der Waals surface area contributed by atoms with Crippen molar-refractivity contribution in [1.82, 2.24) is 9.78 Å². The molecule has 0 aromatic carbocycles. The standard InChI is InChI=1S/C11H20ClN3/c1-4-5-9(13)6-7-10-8(2)14-15(3)11(10)12/h9H,4-7,13H2,1-3H3. The van der Waals surface area contributed by atoms with Gasteiger partial charge in [0.05, 0.1) is 5.69 Å². The molecule has 0 saturated carbocycles. The van der Waals surface area contributed by atoms with Gasteiger partial charge < -0.3 is 5.73 Å². The third-order valence-corrected chi connectivity index (χ3v) is 3.17. The fourth-order valence-corrected chi connectivity index (χ4v) is 2.07. The van der Waals surface area contributed by atoms with E-state index in [9.17, 15) is 0 Å². The predicted molar refractivity (Wildman–Crippen MR) is 64.2 cm³/mol. The van der Waals surface area contributed by atoms with Gasteiger partial charge in [0, 0.05) is 18.7 Å². The van der Waals surface area contributed by atoms with Crippen LogP contribution < -0.4 is 5.73 Å². The second-order valence-electron chi connectivity index (χ2n) is 4.07. The first-order valence-electron chi connectivity index (χ1n) is 5.49. The fraction of sp³-hybridized carbons (Fsp3) is 0.727. The number of aryl methyl sites for hydroxylation is 2. The van der Waals surface area contributed by atoms with Gasteiger partial charge in [0.15, 0.2) is 0 Å². The monoisotopic (exact) mass is 229 g/mol. The van der Waals surface area contributed by atoms with Gasteiger partial charge in [-0.2, -0.15) is 5.10 Å². The van der Waals surface area contributed by atoms with Gasteiger partial charge in [-0.15, -0.1) is 0 Å². The topological polar surface area (TPSA) is 43.8 Å². The van der Waals surface area contributed by atoms with Crippen LogP contribution in [0.2, 0.25) is 5.15 Å². The summed E-state index contributed by atoms with van der Waals surface area (Å²) in [7, 11) is 1.87. The normalized spacial score (nSPS) is 13.1. The van der Waals surface area contributed by atoms with Crippen LogP contribution in [0.25, 0.3) is 0 Å². The highest BCUT2D eigenvalue weighted by Crippen LogP contribution is 2.20. The van der Waals surface area contributed by atoms with E-state index in [0.717, 1.165) is 42.1 Å². The van der Waals surface area contributed by atoms with Crippen LogP contribution in [0.1, 0.15) is 37.4 Å². The molecule has 1 rings (SSSR count). The number of nitrogens with zero attached hydrogens (tertiary/aromatic N) is 2. The van der Waals surface area contributed by atoms with Crippen molar-refractivity contribution in [3.8, 4) is 0 Å². The molecule has 0 aliphatic rings. The van der Waals surface area contributed by atoms with Gasteiger partial charge in [-0.1, -0.05) is 24.9 Å². The van der Waals surface area contributed by atoms with Crippen molar-refractivity contribution in [1.29, 1.82) is 0 Å². The lowest BCUT2D eigenvalue weighted by molar-refractivity contribution is 0.560. The Morgan fingerprint density at radius 1 is 1.47 bits per heavy atom. The van der Waals surface area contributed by atoms with Crippen molar-refractivity contribution in [3.05, 3.63) is 16.4 Å². The van der Waals surface area contributed by atoms with E-state index in [0.29, 0.717) is 0 Å². The number of rotatable bonds is 5. The molecule has 3 nitrogen and oxygen atoms in total. The second kappa shape index (κ2) is 5.52. The first-order valence-corrected chi connectivity index (χ1v) is 5.87. The van der Waals surface area contributed by atoms with Crippen LogP contribution in [-0.4, -0.2) is 15.8 Å². The van der Waals surface area contributed by atoms with Crippen LogP contribution in [0.3, 0.4) is 0 Å². The van der Waals surface area contributed by atoms with E-state index in [1.807, 2.05) is 14.0 Å². The zero-order valence-electron chi connectivity index (χ0n) is 9.76. The van der Waals surface area contributed by atoms with Crippen LogP contribution in [-0.2, 0) is 13.5 Å². The average Bonchev–Trinajstić information content (AvgIpc) is 2.40. The van der Waals surface area contributed by atoms with Crippen LogP contribution >= 0.6 is 11.6 Å². The van der Waals surface area contributed by atoms with E-state index in [-0.39, 0.29) is 6.04 Å². The Morgan fingerprint density at radius 3 is 2.60 bits per heavy atom. The molecular weight excluding hydrogens is 210 g/mol. The molecule has 4 heteroatoms. The summed E-state index contributed by atoms with van der Waals surface area (Å²) in [6.45, 7) is 4.15. The maximum Gasteiger partial charge on any atom is 0.130 e. The number of hydrogen-bond acceptors (Lipinski definition) is 2. The minimum atomic E-state index is 0.283. The molecule has 86 valence electrons. The third-order valence-electron chi connectivity index (χ3n) is 2.69. The largest absolute Gasteiger partial charge is 0.328 e. The Hall–Kier alpha value is -0.540. The van der Waals surface area contributed by atoms with Crippen molar-refractivity contribution < 1.29 is 0 Å². The fourth-order valence-electron chi connectivity index (χ4n) is 1.80. The highest BCUT2D eigenvalue weighted by Gasteiger charge is 2.12. The smallest absolute Gasteiger partial charge is 0.130 e. The van der Waals surface area contributed by atoms with Crippen molar-refractivity contribution in [2.45, 2.75) is 45.6 Å². The molecule has 1 aromatic heterocycles. The van der Waals surface area contributed by atoms with E-state index in [1.54, 1.807) is 4.68 Å². The highest BCUT2D eigenvalue weighted by molar-refractivity contribution is 6.30. The molecule has 1 atom stereocenters. The summed E-state index contributed by atoms with van der Waals surface area (Å²) >= 11 is 6.13. The zero-order chi connectivity index (χ0) is 11.4. The van der Waals surface area contributed by atoms with E-state index >= 15 is 0 Å². The Kier molecular flexibility index (Phi) is 4.61. The molecule has 0 fully saturated rings. The van der Waals surface area contributed by atoms with E-state index < -0.39 is 0 Å². The molecule has 1 heterocycles. The molecule has 2 N–H and O–H groups in total. The van der Waals surface area contributed by atoms with Crippen LogP contribution in [0, 0.1) is 6.92 Å². The van der Waals surface area contributed by atoms with Crippen LogP contribution in [0.4, 0.5) is 0 Å². The molecular formula is C11H20ClN3. The molecule has 0 radical (unpaired) electrons. The molecule has 1 unspecified atom stereocenters. The Bertz CT molecular complexity index is 320. The maximum atomic E-state index is 6.13. The summed E-state index contributed by atoms with van der Waals surface area (Å²) in [5.41, 5.74) is 8.13. The predicted octanol–water partition coefficient (Wildman–Crippen LogP) is 2.44. The number of hydrogen-bond donors (Lipinski definition) is 1. The van der Waals surface area contributed by atoms with E-state index in [4.69, 9.17) is 17.3 Å². The highest BCUT2D eigenvalue weighted by atomic mass is 35.5. The van der Waals surface area contributed by atoms with Gasteiger partial charge in [0.1, 0.15) is 5.15 Å². The number of nitrogens with two attached hydrogens (primary N) is 1. The van der Waals surface area contributed by atoms with Crippen LogP contribution in [0.15, 0.2) is 0 Å². The molecule has 0 aliphatic carbocycles. The van der Waals surface area contributed by atoms with Gasteiger partial charge in [-0.3, -0.25) is 4.68 Å².